The summed E-state index contributed by atoms with van der Waals surface area (Å²) in [6.45, 7) is 7.84. The Morgan fingerprint density at radius 2 is 1.65 bits per heavy atom. The number of aryl methyl sites for hydroxylation is 2. The number of piperidine rings is 1. The molecular weight excluding hydrogens is 436 g/mol. The van der Waals surface area contributed by atoms with Gasteiger partial charge in [0.2, 0.25) is 0 Å². The van der Waals surface area contributed by atoms with E-state index in [9.17, 15) is 14.4 Å². The third-order valence-electron chi connectivity index (χ3n) is 5.94. The molecule has 1 N–H and O–H groups in total. The zero-order valence-corrected chi connectivity index (χ0v) is 20.0. The summed E-state index contributed by atoms with van der Waals surface area (Å²) in [4.78, 5) is 38.1. The molecule has 0 bridgehead atoms. The van der Waals surface area contributed by atoms with Crippen molar-refractivity contribution in [2.24, 2.45) is 5.92 Å². The summed E-state index contributed by atoms with van der Waals surface area (Å²) in [5, 5.41) is 2.95. The Labute approximate surface area is 200 Å². The van der Waals surface area contributed by atoms with E-state index in [4.69, 9.17) is 14.2 Å². The van der Waals surface area contributed by atoms with Crippen molar-refractivity contribution in [1.29, 1.82) is 0 Å². The molecular formula is C26H32N2O6. The Hall–Kier alpha value is -3.55. The smallest absolute Gasteiger partial charge is 0.484 e. The Kier molecular flexibility index (Phi) is 8.90. The molecule has 2 aromatic rings. The van der Waals surface area contributed by atoms with Crippen molar-refractivity contribution >= 4 is 18.0 Å². The predicted molar refractivity (Wildman–Crippen MR) is 127 cm³/mol. The lowest BCUT2D eigenvalue weighted by molar-refractivity contribution is -0.134. The predicted octanol–water partition coefficient (Wildman–Crippen LogP) is 3.89. The van der Waals surface area contributed by atoms with Crippen molar-refractivity contribution in [1.82, 2.24) is 10.2 Å². The SMILES string of the molecule is CCOC(=O)Oc1ccc(C(=O)NCC2CCN(C(=O)COc3ccc(C)c(C)c3)CC2)cc1. The van der Waals surface area contributed by atoms with Crippen LogP contribution in [0.2, 0.25) is 0 Å². The summed E-state index contributed by atoms with van der Waals surface area (Å²) in [6, 6.07) is 12.1. The molecule has 1 fully saturated rings. The van der Waals surface area contributed by atoms with Gasteiger partial charge in [0.25, 0.3) is 11.8 Å². The highest BCUT2D eigenvalue weighted by Gasteiger charge is 2.23. The lowest BCUT2D eigenvalue weighted by atomic mass is 9.96. The van der Waals surface area contributed by atoms with Crippen molar-refractivity contribution in [2.45, 2.75) is 33.6 Å². The molecule has 1 heterocycles. The van der Waals surface area contributed by atoms with E-state index in [0.717, 1.165) is 18.4 Å². The lowest BCUT2D eigenvalue weighted by Gasteiger charge is -2.32. The molecule has 1 aliphatic rings. The first-order valence-electron chi connectivity index (χ1n) is 11.6. The van der Waals surface area contributed by atoms with Gasteiger partial charge in [-0.25, -0.2) is 4.79 Å². The fourth-order valence-corrected chi connectivity index (χ4v) is 3.68. The minimum Gasteiger partial charge on any atom is -0.484 e. The van der Waals surface area contributed by atoms with Gasteiger partial charge in [0.05, 0.1) is 6.61 Å². The molecule has 0 radical (unpaired) electrons. The number of hydrogen-bond acceptors (Lipinski definition) is 6. The molecule has 0 aromatic heterocycles. The number of amides is 2. The quantitative estimate of drug-likeness (QED) is 0.467. The van der Waals surface area contributed by atoms with E-state index < -0.39 is 6.16 Å². The van der Waals surface area contributed by atoms with Gasteiger partial charge in [-0.1, -0.05) is 6.07 Å². The second-order valence-electron chi connectivity index (χ2n) is 8.38. The summed E-state index contributed by atoms with van der Waals surface area (Å²) in [7, 11) is 0. The van der Waals surface area contributed by atoms with Gasteiger partial charge in [0, 0.05) is 25.2 Å². The van der Waals surface area contributed by atoms with E-state index >= 15 is 0 Å². The molecule has 0 atom stereocenters. The van der Waals surface area contributed by atoms with Crippen LogP contribution in [0.15, 0.2) is 42.5 Å². The molecule has 3 rings (SSSR count). The highest BCUT2D eigenvalue weighted by atomic mass is 16.7. The average molecular weight is 469 g/mol. The Bertz CT molecular complexity index is 997. The zero-order valence-electron chi connectivity index (χ0n) is 20.0. The third kappa shape index (κ3) is 7.23. The molecule has 2 amide bonds. The number of carbonyl (C=O) groups excluding carboxylic acids is 3. The maximum Gasteiger partial charge on any atom is 0.513 e. The van der Waals surface area contributed by atoms with Gasteiger partial charge < -0.3 is 24.4 Å². The molecule has 0 saturated carbocycles. The van der Waals surface area contributed by atoms with Crippen LogP contribution in [0.25, 0.3) is 0 Å². The van der Waals surface area contributed by atoms with Crippen LogP contribution in [0.4, 0.5) is 4.79 Å². The molecule has 1 saturated heterocycles. The van der Waals surface area contributed by atoms with Crippen LogP contribution in [0.5, 0.6) is 11.5 Å². The van der Waals surface area contributed by atoms with Crippen molar-refractivity contribution < 1.29 is 28.6 Å². The summed E-state index contributed by atoms with van der Waals surface area (Å²) >= 11 is 0. The van der Waals surface area contributed by atoms with Crippen molar-refractivity contribution in [3.05, 3.63) is 59.2 Å². The molecule has 0 unspecified atom stereocenters. The monoisotopic (exact) mass is 468 g/mol. The molecule has 2 aromatic carbocycles. The number of nitrogens with zero attached hydrogens (tertiary/aromatic N) is 1. The van der Waals surface area contributed by atoms with E-state index in [1.54, 1.807) is 31.2 Å². The van der Waals surface area contributed by atoms with Gasteiger partial charge in [-0.15, -0.1) is 0 Å². The minimum atomic E-state index is -0.777. The van der Waals surface area contributed by atoms with Crippen LogP contribution >= 0.6 is 0 Å². The van der Waals surface area contributed by atoms with Crippen LogP contribution in [0.1, 0.15) is 41.3 Å². The second-order valence-corrected chi connectivity index (χ2v) is 8.38. The Morgan fingerprint density at radius 3 is 2.29 bits per heavy atom. The number of likely N-dealkylation sites (tertiary alicyclic amines) is 1. The fourth-order valence-electron chi connectivity index (χ4n) is 3.68. The van der Waals surface area contributed by atoms with E-state index in [1.807, 2.05) is 36.9 Å². The first-order chi connectivity index (χ1) is 16.4. The average Bonchev–Trinajstić information content (AvgIpc) is 2.84. The maximum absolute atomic E-state index is 12.5. The van der Waals surface area contributed by atoms with Crippen LogP contribution in [0, 0.1) is 19.8 Å². The number of rotatable bonds is 8. The Balaban J connectivity index is 1.37. The second kappa shape index (κ2) is 12.1. The molecule has 8 heteroatoms. The largest absolute Gasteiger partial charge is 0.513 e. The molecule has 0 aliphatic carbocycles. The van der Waals surface area contributed by atoms with E-state index in [2.05, 4.69) is 5.32 Å². The summed E-state index contributed by atoms with van der Waals surface area (Å²) in [5.41, 5.74) is 2.80. The number of hydrogen-bond donors (Lipinski definition) is 1. The molecule has 1 aliphatic heterocycles. The molecule has 0 spiro atoms. The van der Waals surface area contributed by atoms with Crippen LogP contribution < -0.4 is 14.8 Å². The number of nitrogens with one attached hydrogen (secondary N) is 1. The van der Waals surface area contributed by atoms with Crippen molar-refractivity contribution in [2.75, 3.05) is 32.8 Å². The van der Waals surface area contributed by atoms with Gasteiger partial charge in [0.15, 0.2) is 6.61 Å². The van der Waals surface area contributed by atoms with Crippen LogP contribution in [-0.4, -0.2) is 55.7 Å². The van der Waals surface area contributed by atoms with E-state index in [-0.39, 0.29) is 25.0 Å². The van der Waals surface area contributed by atoms with E-state index in [1.165, 1.54) is 5.56 Å². The van der Waals surface area contributed by atoms with Gasteiger partial charge in [-0.2, -0.15) is 0 Å². The fraction of sp³-hybridized carbons (Fsp3) is 0.423. The molecule has 34 heavy (non-hydrogen) atoms. The van der Waals surface area contributed by atoms with Crippen molar-refractivity contribution in [3.63, 3.8) is 0 Å². The molecule has 8 nitrogen and oxygen atoms in total. The maximum atomic E-state index is 12.5. The number of carbonyl (C=O) groups is 3. The molecule has 182 valence electrons. The van der Waals surface area contributed by atoms with Gasteiger partial charge in [0.1, 0.15) is 11.5 Å². The lowest BCUT2D eigenvalue weighted by Crippen LogP contribution is -2.43. The highest BCUT2D eigenvalue weighted by molar-refractivity contribution is 5.94. The Morgan fingerprint density at radius 1 is 0.971 bits per heavy atom. The normalized spacial score (nSPS) is 13.8. The number of ether oxygens (including phenoxy) is 3. The standard InChI is InChI=1S/C26H32N2O6/c1-4-32-26(31)34-22-9-6-21(7-10-22)25(30)27-16-20-11-13-28(14-12-20)24(29)17-33-23-8-5-18(2)19(3)15-23/h5-10,15,20H,4,11-14,16-17H2,1-3H3,(H,27,30). The first kappa shape index (κ1) is 25.1. The van der Waals surface area contributed by atoms with Crippen molar-refractivity contribution in [3.8, 4) is 11.5 Å². The topological polar surface area (TPSA) is 94.2 Å². The summed E-state index contributed by atoms with van der Waals surface area (Å²) in [6.07, 6.45) is 0.866. The van der Waals surface area contributed by atoms with Gasteiger partial charge in [-0.3, -0.25) is 9.59 Å². The minimum absolute atomic E-state index is 0.0224. The first-order valence-corrected chi connectivity index (χ1v) is 11.6. The van der Waals surface area contributed by atoms with E-state index in [0.29, 0.717) is 42.6 Å². The summed E-state index contributed by atoms with van der Waals surface area (Å²) < 4.78 is 15.4. The zero-order chi connectivity index (χ0) is 24.5. The summed E-state index contributed by atoms with van der Waals surface area (Å²) in [5.74, 6) is 1.11. The van der Waals surface area contributed by atoms with Gasteiger partial charge in [-0.05, 0) is 87.1 Å². The van der Waals surface area contributed by atoms with Crippen LogP contribution in [0.3, 0.4) is 0 Å². The van der Waals surface area contributed by atoms with Gasteiger partial charge >= 0.3 is 6.16 Å². The highest BCUT2D eigenvalue weighted by Crippen LogP contribution is 2.19. The third-order valence-corrected chi connectivity index (χ3v) is 5.94. The number of benzene rings is 2. The van der Waals surface area contributed by atoms with Crippen LogP contribution in [-0.2, 0) is 9.53 Å².